The van der Waals surface area contributed by atoms with Crippen LogP contribution in [-0.4, -0.2) is 21.9 Å². The van der Waals surface area contributed by atoms with Crippen LogP contribution in [0.3, 0.4) is 0 Å². The fourth-order valence-corrected chi connectivity index (χ4v) is 2.64. The lowest BCUT2D eigenvalue weighted by atomic mass is 10.2. The number of benzene rings is 2. The Morgan fingerprint density at radius 1 is 1.04 bits per heavy atom. The van der Waals surface area contributed by atoms with Gasteiger partial charge in [0.05, 0.1) is 6.54 Å². The molecule has 0 aliphatic heterocycles. The molecule has 0 aliphatic carbocycles. The summed E-state index contributed by atoms with van der Waals surface area (Å²) in [6.07, 6.45) is 0. The van der Waals surface area contributed by atoms with E-state index >= 15 is 0 Å². The van der Waals surface area contributed by atoms with Gasteiger partial charge in [0.2, 0.25) is 0 Å². The van der Waals surface area contributed by atoms with Gasteiger partial charge in [-0.25, -0.2) is 4.98 Å². The van der Waals surface area contributed by atoms with Gasteiger partial charge in [-0.3, -0.25) is 9.69 Å². The maximum Gasteiger partial charge on any atom is 0.253 e. The van der Waals surface area contributed by atoms with E-state index in [0.717, 1.165) is 12.2 Å². The topological polar surface area (TPSA) is 61.0 Å². The molecule has 0 fully saturated rings. The van der Waals surface area contributed by atoms with Crippen LogP contribution >= 0.6 is 0 Å². The summed E-state index contributed by atoms with van der Waals surface area (Å²) >= 11 is 0. The number of hydrogen-bond donors (Lipinski definition) is 2. The molecule has 0 saturated carbocycles. The van der Waals surface area contributed by atoms with Crippen molar-refractivity contribution in [2.45, 2.75) is 20.0 Å². The molecule has 1 heterocycles. The Bertz CT molecular complexity index is 872. The lowest BCUT2D eigenvalue weighted by Gasteiger charge is -2.16. The normalized spacial score (nSPS) is 10.8. The van der Waals surface area contributed by atoms with E-state index in [1.807, 2.05) is 56.4 Å². The predicted octanol–water partition coefficient (Wildman–Crippen LogP) is 3.45. The second-order valence-electron chi connectivity index (χ2n) is 6.23. The van der Waals surface area contributed by atoms with Crippen molar-refractivity contribution in [3.05, 3.63) is 88.0 Å². The first kappa shape index (κ1) is 16.9. The number of rotatable bonds is 6. The molecule has 0 radical (unpaired) electrons. The van der Waals surface area contributed by atoms with Gasteiger partial charge in [-0.2, -0.15) is 0 Å². The van der Waals surface area contributed by atoms with Gasteiger partial charge in [0, 0.05) is 18.3 Å². The van der Waals surface area contributed by atoms with Crippen LogP contribution in [0.1, 0.15) is 17.0 Å². The fraction of sp³-hybridized carbons (Fsp3) is 0.200. The first-order chi connectivity index (χ1) is 12.1. The first-order valence-electron chi connectivity index (χ1n) is 8.25. The van der Waals surface area contributed by atoms with Crippen molar-refractivity contribution < 1.29 is 0 Å². The molecule has 0 amide bonds. The van der Waals surface area contributed by atoms with E-state index in [4.69, 9.17) is 0 Å². The summed E-state index contributed by atoms with van der Waals surface area (Å²) < 4.78 is 0. The fourth-order valence-electron chi connectivity index (χ4n) is 2.64. The lowest BCUT2D eigenvalue weighted by Crippen LogP contribution is -2.22. The van der Waals surface area contributed by atoms with Gasteiger partial charge in [-0.15, -0.1) is 0 Å². The SMILES string of the molecule is Cc1ccc(Nc2cc(=O)[nH]c(CN(C)Cc3ccccc3)n2)cc1. The molecule has 25 heavy (non-hydrogen) atoms. The van der Waals surface area contributed by atoms with Gasteiger partial charge in [0.1, 0.15) is 11.6 Å². The molecule has 2 N–H and O–H groups in total. The maximum atomic E-state index is 11.9. The van der Waals surface area contributed by atoms with Crippen molar-refractivity contribution in [1.82, 2.24) is 14.9 Å². The molecule has 2 aromatic carbocycles. The standard InChI is InChI=1S/C20H22N4O/c1-15-8-10-17(11-9-15)21-18-12-20(25)23-19(22-18)14-24(2)13-16-6-4-3-5-7-16/h3-12H,13-14H2,1-2H3,(H2,21,22,23,25). The quantitative estimate of drug-likeness (QED) is 0.725. The monoisotopic (exact) mass is 334 g/mol. The smallest absolute Gasteiger partial charge is 0.253 e. The van der Waals surface area contributed by atoms with Crippen LogP contribution < -0.4 is 10.9 Å². The summed E-state index contributed by atoms with van der Waals surface area (Å²) in [6, 6.07) is 19.7. The molecule has 3 aromatic rings. The van der Waals surface area contributed by atoms with Crippen LogP contribution in [0.2, 0.25) is 0 Å². The number of nitrogens with zero attached hydrogens (tertiary/aromatic N) is 2. The Hall–Kier alpha value is -2.92. The molecule has 128 valence electrons. The number of anilines is 2. The summed E-state index contributed by atoms with van der Waals surface area (Å²) in [6.45, 7) is 3.39. The molecular weight excluding hydrogens is 312 g/mol. The van der Waals surface area contributed by atoms with Crippen LogP contribution in [0, 0.1) is 6.92 Å². The third-order valence-electron chi connectivity index (χ3n) is 3.83. The highest BCUT2D eigenvalue weighted by atomic mass is 16.1. The van der Waals surface area contributed by atoms with Crippen LogP contribution in [0.5, 0.6) is 0 Å². The molecule has 5 nitrogen and oxygen atoms in total. The number of hydrogen-bond acceptors (Lipinski definition) is 4. The number of nitrogens with one attached hydrogen (secondary N) is 2. The summed E-state index contributed by atoms with van der Waals surface area (Å²) in [5, 5.41) is 3.19. The van der Waals surface area contributed by atoms with Crippen molar-refractivity contribution in [2.75, 3.05) is 12.4 Å². The lowest BCUT2D eigenvalue weighted by molar-refractivity contribution is 0.310. The maximum absolute atomic E-state index is 11.9. The van der Waals surface area contributed by atoms with E-state index in [-0.39, 0.29) is 5.56 Å². The van der Waals surface area contributed by atoms with Crippen LogP contribution in [0.4, 0.5) is 11.5 Å². The van der Waals surface area contributed by atoms with Crippen molar-refractivity contribution in [3.8, 4) is 0 Å². The first-order valence-corrected chi connectivity index (χ1v) is 8.25. The highest BCUT2D eigenvalue weighted by Gasteiger charge is 2.06. The van der Waals surface area contributed by atoms with Crippen molar-refractivity contribution in [2.24, 2.45) is 0 Å². The molecule has 1 aromatic heterocycles. The Morgan fingerprint density at radius 3 is 2.48 bits per heavy atom. The van der Waals surface area contributed by atoms with Crippen molar-refractivity contribution >= 4 is 11.5 Å². The zero-order valence-electron chi connectivity index (χ0n) is 14.5. The van der Waals surface area contributed by atoms with Gasteiger partial charge in [-0.05, 0) is 31.7 Å². The zero-order valence-corrected chi connectivity index (χ0v) is 14.5. The highest BCUT2D eigenvalue weighted by Crippen LogP contribution is 2.14. The number of H-pyrrole nitrogens is 1. The van der Waals surface area contributed by atoms with E-state index in [0.29, 0.717) is 18.2 Å². The minimum atomic E-state index is -0.160. The van der Waals surface area contributed by atoms with Gasteiger partial charge >= 0.3 is 0 Å². The average Bonchev–Trinajstić information content (AvgIpc) is 2.57. The van der Waals surface area contributed by atoms with Crippen LogP contribution in [0.15, 0.2) is 65.5 Å². The number of aryl methyl sites for hydroxylation is 1. The molecular formula is C20H22N4O. The van der Waals surface area contributed by atoms with Crippen molar-refractivity contribution in [1.29, 1.82) is 0 Å². The summed E-state index contributed by atoms with van der Waals surface area (Å²) in [5.74, 6) is 1.19. The predicted molar refractivity (Wildman–Crippen MR) is 101 cm³/mol. The van der Waals surface area contributed by atoms with Gasteiger partial charge in [0.15, 0.2) is 0 Å². The third-order valence-corrected chi connectivity index (χ3v) is 3.83. The van der Waals surface area contributed by atoms with Crippen LogP contribution in [0.25, 0.3) is 0 Å². The van der Waals surface area contributed by atoms with Crippen LogP contribution in [-0.2, 0) is 13.1 Å². The molecule has 0 bridgehead atoms. The minimum absolute atomic E-state index is 0.160. The molecule has 3 rings (SSSR count). The number of aromatic nitrogens is 2. The second kappa shape index (κ2) is 7.77. The summed E-state index contributed by atoms with van der Waals surface area (Å²) in [7, 11) is 2.01. The Labute approximate surface area is 147 Å². The molecule has 0 spiro atoms. The Kier molecular flexibility index (Phi) is 5.26. The van der Waals surface area contributed by atoms with Gasteiger partial charge in [-0.1, -0.05) is 48.0 Å². The van der Waals surface area contributed by atoms with Gasteiger partial charge < -0.3 is 10.3 Å². The minimum Gasteiger partial charge on any atom is -0.340 e. The molecule has 0 atom stereocenters. The molecule has 0 saturated heterocycles. The third kappa shape index (κ3) is 5.02. The molecule has 5 heteroatoms. The van der Waals surface area contributed by atoms with Gasteiger partial charge in [0.25, 0.3) is 5.56 Å². The van der Waals surface area contributed by atoms with E-state index in [1.54, 1.807) is 0 Å². The van der Waals surface area contributed by atoms with Crippen molar-refractivity contribution in [3.63, 3.8) is 0 Å². The van der Waals surface area contributed by atoms with E-state index in [1.165, 1.54) is 17.2 Å². The van der Waals surface area contributed by atoms with E-state index in [2.05, 4.69) is 32.3 Å². The summed E-state index contributed by atoms with van der Waals surface area (Å²) in [4.78, 5) is 21.4. The molecule has 0 aliphatic rings. The average molecular weight is 334 g/mol. The largest absolute Gasteiger partial charge is 0.340 e. The number of aromatic amines is 1. The highest BCUT2D eigenvalue weighted by molar-refractivity contribution is 5.55. The Morgan fingerprint density at radius 2 is 1.76 bits per heavy atom. The Balaban J connectivity index is 1.70. The van der Waals surface area contributed by atoms with E-state index in [9.17, 15) is 4.79 Å². The zero-order chi connectivity index (χ0) is 17.6. The summed E-state index contributed by atoms with van der Waals surface area (Å²) in [5.41, 5.74) is 3.16. The van der Waals surface area contributed by atoms with E-state index < -0.39 is 0 Å². The second-order valence-corrected chi connectivity index (χ2v) is 6.23. The molecule has 0 unspecified atom stereocenters.